The molecule has 6 nitrogen and oxygen atoms in total. The van der Waals surface area contributed by atoms with Crippen molar-refractivity contribution in [3.63, 3.8) is 0 Å². The van der Waals surface area contributed by atoms with Crippen molar-refractivity contribution in [2.24, 2.45) is 7.05 Å². The first-order valence-corrected chi connectivity index (χ1v) is 7.36. The van der Waals surface area contributed by atoms with E-state index >= 15 is 0 Å². The van der Waals surface area contributed by atoms with E-state index < -0.39 is 0 Å². The predicted octanol–water partition coefficient (Wildman–Crippen LogP) is 1.56. The molecule has 0 N–H and O–H groups in total. The number of nitrogens with zero attached hydrogens (tertiary/aromatic N) is 5. The number of rotatable bonds is 4. The van der Waals surface area contributed by atoms with Gasteiger partial charge in [0.15, 0.2) is 0 Å². The summed E-state index contributed by atoms with van der Waals surface area (Å²) in [5, 5.41) is 8.11. The fourth-order valence-corrected chi connectivity index (χ4v) is 2.63. The lowest BCUT2D eigenvalue weighted by Gasteiger charge is -2.31. The van der Waals surface area contributed by atoms with Gasteiger partial charge in [0.25, 0.3) is 0 Å². The molecule has 0 radical (unpaired) electrons. The molecular formula is C15H21N5O. The third-order valence-electron chi connectivity index (χ3n) is 3.81. The summed E-state index contributed by atoms with van der Waals surface area (Å²) in [5.41, 5.74) is 2.12. The lowest BCUT2D eigenvalue weighted by Crippen LogP contribution is -2.38. The second-order valence-electron chi connectivity index (χ2n) is 5.60. The number of hydrogen-bond acceptors (Lipinski definition) is 5. The van der Waals surface area contributed by atoms with Crippen LogP contribution in [0.25, 0.3) is 0 Å². The molecule has 0 saturated carbocycles. The highest BCUT2D eigenvalue weighted by molar-refractivity contribution is 5.23. The summed E-state index contributed by atoms with van der Waals surface area (Å²) in [6.45, 7) is 4.94. The number of ether oxygens (including phenoxy) is 1. The van der Waals surface area contributed by atoms with Gasteiger partial charge in [0.1, 0.15) is 6.10 Å². The molecule has 2 aromatic heterocycles. The summed E-state index contributed by atoms with van der Waals surface area (Å²) in [5.74, 6) is 0.768. The lowest BCUT2D eigenvalue weighted by molar-refractivity contribution is 0.0919. The van der Waals surface area contributed by atoms with E-state index in [2.05, 4.69) is 20.2 Å². The molecule has 3 heterocycles. The number of piperidine rings is 1. The zero-order valence-electron chi connectivity index (χ0n) is 12.6. The van der Waals surface area contributed by atoms with E-state index in [1.165, 1.54) is 0 Å². The van der Waals surface area contributed by atoms with Crippen LogP contribution in [0.4, 0.5) is 0 Å². The Morgan fingerprint density at radius 2 is 2.14 bits per heavy atom. The van der Waals surface area contributed by atoms with Crippen molar-refractivity contribution in [1.82, 2.24) is 24.9 Å². The van der Waals surface area contributed by atoms with Crippen LogP contribution >= 0.6 is 0 Å². The molecule has 0 amide bonds. The number of aromatic nitrogens is 4. The van der Waals surface area contributed by atoms with Crippen LogP contribution in [-0.4, -0.2) is 44.1 Å². The molecule has 1 aliphatic heterocycles. The molecule has 1 saturated heterocycles. The van der Waals surface area contributed by atoms with E-state index in [-0.39, 0.29) is 6.10 Å². The number of likely N-dealkylation sites (tertiary alicyclic amines) is 1. The minimum Gasteiger partial charge on any atom is -0.474 e. The Kier molecular flexibility index (Phi) is 4.15. The summed E-state index contributed by atoms with van der Waals surface area (Å²) >= 11 is 0. The zero-order chi connectivity index (χ0) is 14.7. The fourth-order valence-electron chi connectivity index (χ4n) is 2.63. The maximum Gasteiger partial charge on any atom is 0.216 e. The van der Waals surface area contributed by atoms with Crippen molar-refractivity contribution in [2.45, 2.75) is 32.4 Å². The molecule has 2 aromatic rings. The molecule has 0 atom stereocenters. The highest BCUT2D eigenvalue weighted by Gasteiger charge is 2.22. The van der Waals surface area contributed by atoms with E-state index in [9.17, 15) is 0 Å². The van der Waals surface area contributed by atoms with Gasteiger partial charge >= 0.3 is 0 Å². The largest absolute Gasteiger partial charge is 0.474 e. The Hall–Kier alpha value is -1.95. The Labute approximate surface area is 124 Å². The van der Waals surface area contributed by atoms with Crippen molar-refractivity contribution in [3.8, 4) is 5.88 Å². The van der Waals surface area contributed by atoms with Crippen LogP contribution in [0.3, 0.4) is 0 Å². The van der Waals surface area contributed by atoms with E-state index in [0.717, 1.165) is 49.6 Å². The first-order chi connectivity index (χ1) is 10.2. The highest BCUT2D eigenvalue weighted by Crippen LogP contribution is 2.20. The van der Waals surface area contributed by atoms with E-state index in [1.807, 2.05) is 32.3 Å². The third kappa shape index (κ3) is 3.58. The monoisotopic (exact) mass is 287 g/mol. The summed E-state index contributed by atoms with van der Waals surface area (Å²) in [7, 11) is 1.89. The fraction of sp³-hybridized carbons (Fsp3) is 0.533. The van der Waals surface area contributed by atoms with Crippen molar-refractivity contribution in [1.29, 1.82) is 0 Å². The molecule has 0 unspecified atom stereocenters. The van der Waals surface area contributed by atoms with Crippen LogP contribution in [0.1, 0.15) is 24.1 Å². The van der Waals surface area contributed by atoms with Gasteiger partial charge in [0, 0.05) is 44.6 Å². The van der Waals surface area contributed by atoms with Gasteiger partial charge in [-0.2, -0.15) is 0 Å². The third-order valence-corrected chi connectivity index (χ3v) is 3.81. The van der Waals surface area contributed by atoms with E-state index in [1.54, 1.807) is 10.9 Å². The van der Waals surface area contributed by atoms with Gasteiger partial charge < -0.3 is 4.74 Å². The van der Waals surface area contributed by atoms with Crippen LogP contribution < -0.4 is 4.74 Å². The van der Waals surface area contributed by atoms with Gasteiger partial charge in [0.05, 0.1) is 5.69 Å². The molecule has 0 aliphatic carbocycles. The summed E-state index contributed by atoms with van der Waals surface area (Å²) in [6, 6.07) is 3.97. The normalized spacial score (nSPS) is 17.0. The Morgan fingerprint density at radius 1 is 1.33 bits per heavy atom. The molecule has 0 bridgehead atoms. The van der Waals surface area contributed by atoms with Crippen LogP contribution in [0.2, 0.25) is 0 Å². The predicted molar refractivity (Wildman–Crippen MR) is 78.9 cm³/mol. The van der Waals surface area contributed by atoms with Crippen LogP contribution in [0, 0.1) is 6.92 Å². The average Bonchev–Trinajstić information content (AvgIpc) is 2.89. The summed E-state index contributed by atoms with van der Waals surface area (Å²) in [4.78, 5) is 6.70. The topological polar surface area (TPSA) is 56.1 Å². The van der Waals surface area contributed by atoms with Crippen molar-refractivity contribution in [2.75, 3.05) is 13.1 Å². The smallest absolute Gasteiger partial charge is 0.216 e. The van der Waals surface area contributed by atoms with Crippen molar-refractivity contribution >= 4 is 0 Å². The first-order valence-electron chi connectivity index (χ1n) is 7.36. The molecule has 21 heavy (non-hydrogen) atoms. The van der Waals surface area contributed by atoms with Gasteiger partial charge in [-0.1, -0.05) is 11.3 Å². The van der Waals surface area contributed by atoms with Gasteiger partial charge in [0.2, 0.25) is 5.88 Å². The van der Waals surface area contributed by atoms with Crippen molar-refractivity contribution < 1.29 is 4.74 Å². The lowest BCUT2D eigenvalue weighted by atomic mass is 10.1. The van der Waals surface area contributed by atoms with Crippen LogP contribution in [0.5, 0.6) is 5.88 Å². The van der Waals surface area contributed by atoms with Gasteiger partial charge in [-0.3, -0.25) is 9.58 Å². The molecule has 1 aliphatic rings. The number of aryl methyl sites for hydroxylation is 2. The van der Waals surface area contributed by atoms with Crippen LogP contribution in [0.15, 0.2) is 24.5 Å². The minimum absolute atomic E-state index is 0.261. The van der Waals surface area contributed by atoms with E-state index in [0.29, 0.717) is 0 Å². The maximum atomic E-state index is 6.02. The SMILES string of the molecule is Cc1cccnc1OC1CCN(Cc2cn(C)nn2)CC1. The molecule has 0 spiro atoms. The highest BCUT2D eigenvalue weighted by atomic mass is 16.5. The van der Waals surface area contributed by atoms with Gasteiger partial charge in [-0.25, -0.2) is 4.98 Å². The Morgan fingerprint density at radius 3 is 2.81 bits per heavy atom. The second-order valence-corrected chi connectivity index (χ2v) is 5.60. The van der Waals surface area contributed by atoms with Gasteiger partial charge in [-0.05, 0) is 25.8 Å². The summed E-state index contributed by atoms with van der Waals surface area (Å²) < 4.78 is 7.76. The zero-order valence-corrected chi connectivity index (χ0v) is 12.6. The average molecular weight is 287 g/mol. The number of pyridine rings is 1. The van der Waals surface area contributed by atoms with E-state index in [4.69, 9.17) is 4.74 Å². The minimum atomic E-state index is 0.261. The Bertz CT molecular complexity index is 589. The second kappa shape index (κ2) is 6.22. The molecule has 1 fully saturated rings. The molecule has 112 valence electrons. The molecular weight excluding hydrogens is 266 g/mol. The molecule has 3 rings (SSSR count). The van der Waals surface area contributed by atoms with Gasteiger partial charge in [-0.15, -0.1) is 5.10 Å². The summed E-state index contributed by atoms with van der Waals surface area (Å²) in [6.07, 6.45) is 6.06. The number of hydrogen-bond donors (Lipinski definition) is 0. The first kappa shape index (κ1) is 14.0. The Balaban J connectivity index is 1.50. The standard InChI is InChI=1S/C15H21N5O/c1-12-4-3-7-16-15(12)21-14-5-8-20(9-6-14)11-13-10-19(2)18-17-13/h3-4,7,10,14H,5-6,8-9,11H2,1-2H3. The van der Waals surface area contributed by atoms with Crippen molar-refractivity contribution in [3.05, 3.63) is 35.8 Å². The van der Waals surface area contributed by atoms with Crippen LogP contribution in [-0.2, 0) is 13.6 Å². The quantitative estimate of drug-likeness (QED) is 0.854. The maximum absolute atomic E-state index is 6.02. The molecule has 0 aromatic carbocycles. The molecule has 6 heteroatoms.